The van der Waals surface area contributed by atoms with Crippen LogP contribution in [-0.4, -0.2) is 17.3 Å². The summed E-state index contributed by atoms with van der Waals surface area (Å²) in [6, 6.07) is 4.56. The third-order valence-electron chi connectivity index (χ3n) is 2.73. The number of aliphatic hydroxyl groups is 1. The molecule has 1 rings (SSSR count). The van der Waals surface area contributed by atoms with Crippen LogP contribution in [0.25, 0.3) is 0 Å². The number of hydrogen-bond acceptors (Lipinski definition) is 2. The van der Waals surface area contributed by atoms with Crippen LogP contribution in [0.1, 0.15) is 26.7 Å². The quantitative estimate of drug-likeness (QED) is 0.863. The zero-order valence-corrected chi connectivity index (χ0v) is 10.2. The Bertz CT molecular complexity index is 351. The molecule has 4 heteroatoms. The van der Waals surface area contributed by atoms with Gasteiger partial charge in [0.15, 0.2) is 11.6 Å². The van der Waals surface area contributed by atoms with Crippen molar-refractivity contribution < 1.29 is 14.2 Å². The topological polar surface area (TPSA) is 29.5 Å². The molecule has 0 atom stereocenters. The van der Waals surface area contributed by atoms with Crippen molar-refractivity contribution in [1.29, 1.82) is 0 Å². The van der Waals surface area contributed by atoms with Gasteiger partial charge in [0.05, 0.1) is 10.6 Å². The monoisotopic (exact) mass is 246 g/mol. The van der Waals surface area contributed by atoms with E-state index < -0.39 is 11.4 Å². The maximum absolute atomic E-state index is 13.4. The van der Waals surface area contributed by atoms with Gasteiger partial charge in [-0.1, -0.05) is 31.5 Å². The van der Waals surface area contributed by atoms with Crippen LogP contribution in [-0.2, 0) is 0 Å². The van der Waals surface area contributed by atoms with Crippen LogP contribution < -0.4 is 4.74 Å². The fourth-order valence-corrected chi connectivity index (χ4v) is 1.43. The summed E-state index contributed by atoms with van der Waals surface area (Å²) in [6.07, 6.45) is 1.12. The molecule has 0 heterocycles. The van der Waals surface area contributed by atoms with Crippen LogP contribution >= 0.6 is 11.6 Å². The number of hydrogen-bond donors (Lipinski definition) is 1. The zero-order chi connectivity index (χ0) is 12.2. The van der Waals surface area contributed by atoms with E-state index in [2.05, 4.69) is 0 Å². The molecule has 0 unspecified atom stereocenters. The van der Waals surface area contributed by atoms with Gasteiger partial charge >= 0.3 is 0 Å². The summed E-state index contributed by atoms with van der Waals surface area (Å²) in [6.45, 7) is 3.79. The highest BCUT2D eigenvalue weighted by Gasteiger charge is 2.23. The van der Waals surface area contributed by atoms with Gasteiger partial charge in [-0.3, -0.25) is 0 Å². The molecule has 1 aromatic rings. The third-order valence-corrected chi connectivity index (χ3v) is 3.02. The standard InChI is InChI=1S/C12H16ClFO2/c1-3-12(15,4-2)8-16-10-7-5-6-9(13)11(10)14/h5-7,15H,3-4,8H2,1-2H3. The van der Waals surface area contributed by atoms with Gasteiger partial charge in [0.2, 0.25) is 0 Å². The van der Waals surface area contributed by atoms with Crippen molar-refractivity contribution in [1.82, 2.24) is 0 Å². The van der Waals surface area contributed by atoms with Crippen LogP contribution in [0.2, 0.25) is 5.02 Å². The van der Waals surface area contributed by atoms with E-state index >= 15 is 0 Å². The molecule has 0 aromatic heterocycles. The Morgan fingerprint density at radius 1 is 1.38 bits per heavy atom. The van der Waals surface area contributed by atoms with Gasteiger partial charge < -0.3 is 9.84 Å². The van der Waals surface area contributed by atoms with Crippen LogP contribution in [0.15, 0.2) is 18.2 Å². The second-order valence-electron chi connectivity index (χ2n) is 3.77. The van der Waals surface area contributed by atoms with E-state index in [4.69, 9.17) is 16.3 Å². The van der Waals surface area contributed by atoms with Crippen molar-refractivity contribution >= 4 is 11.6 Å². The molecule has 0 amide bonds. The molecule has 0 saturated carbocycles. The van der Waals surface area contributed by atoms with Crippen LogP contribution in [0.4, 0.5) is 4.39 Å². The highest BCUT2D eigenvalue weighted by atomic mass is 35.5. The average molecular weight is 247 g/mol. The maximum atomic E-state index is 13.4. The smallest absolute Gasteiger partial charge is 0.183 e. The Balaban J connectivity index is 2.71. The van der Waals surface area contributed by atoms with Crippen molar-refractivity contribution in [2.45, 2.75) is 32.3 Å². The molecule has 0 aliphatic rings. The summed E-state index contributed by atoms with van der Waals surface area (Å²) < 4.78 is 18.7. The lowest BCUT2D eigenvalue weighted by molar-refractivity contribution is -0.0123. The number of ether oxygens (including phenoxy) is 1. The number of halogens is 2. The molecule has 0 radical (unpaired) electrons. The van der Waals surface area contributed by atoms with E-state index in [0.717, 1.165) is 0 Å². The number of rotatable bonds is 5. The predicted octanol–water partition coefficient (Wildman–Crippen LogP) is 3.41. The molecule has 90 valence electrons. The second kappa shape index (κ2) is 5.51. The normalized spacial score (nSPS) is 11.6. The summed E-state index contributed by atoms with van der Waals surface area (Å²) in [4.78, 5) is 0. The van der Waals surface area contributed by atoms with Crippen LogP contribution in [0.3, 0.4) is 0 Å². The van der Waals surface area contributed by atoms with Crippen molar-refractivity contribution in [2.75, 3.05) is 6.61 Å². The van der Waals surface area contributed by atoms with E-state index in [1.807, 2.05) is 13.8 Å². The molecule has 16 heavy (non-hydrogen) atoms. The Kier molecular flexibility index (Phi) is 4.56. The van der Waals surface area contributed by atoms with Crippen LogP contribution in [0, 0.1) is 5.82 Å². The molecule has 0 spiro atoms. The van der Waals surface area contributed by atoms with E-state index in [1.165, 1.54) is 12.1 Å². The summed E-state index contributed by atoms with van der Waals surface area (Å²) in [5.74, 6) is -0.508. The van der Waals surface area contributed by atoms with Gasteiger partial charge in [0.1, 0.15) is 6.61 Å². The minimum Gasteiger partial charge on any atom is -0.487 e. The first-order chi connectivity index (χ1) is 7.52. The van der Waals surface area contributed by atoms with Gasteiger partial charge in [-0.15, -0.1) is 0 Å². The lowest BCUT2D eigenvalue weighted by Crippen LogP contribution is -2.34. The van der Waals surface area contributed by atoms with E-state index in [0.29, 0.717) is 12.8 Å². The van der Waals surface area contributed by atoms with Gasteiger partial charge in [-0.2, -0.15) is 0 Å². The summed E-state index contributed by atoms with van der Waals surface area (Å²) >= 11 is 5.61. The second-order valence-corrected chi connectivity index (χ2v) is 4.18. The predicted molar refractivity (Wildman–Crippen MR) is 62.4 cm³/mol. The lowest BCUT2D eigenvalue weighted by Gasteiger charge is -2.25. The van der Waals surface area contributed by atoms with Gasteiger partial charge in [-0.25, -0.2) is 4.39 Å². The van der Waals surface area contributed by atoms with E-state index in [-0.39, 0.29) is 17.4 Å². The zero-order valence-electron chi connectivity index (χ0n) is 9.46. The minimum atomic E-state index is -0.908. The Labute approximate surface area is 100.0 Å². The fourth-order valence-electron chi connectivity index (χ4n) is 1.26. The SMILES string of the molecule is CCC(O)(CC)COc1cccc(Cl)c1F. The first-order valence-electron chi connectivity index (χ1n) is 5.31. The molecule has 1 N–H and O–H groups in total. The fraction of sp³-hybridized carbons (Fsp3) is 0.500. The molecule has 0 aliphatic heterocycles. The summed E-state index contributed by atoms with van der Waals surface area (Å²) in [5, 5.41) is 9.99. The van der Waals surface area contributed by atoms with Crippen LogP contribution in [0.5, 0.6) is 5.75 Å². The lowest BCUT2D eigenvalue weighted by atomic mass is 9.99. The molecule has 0 saturated heterocycles. The van der Waals surface area contributed by atoms with Crippen molar-refractivity contribution in [2.24, 2.45) is 0 Å². The Hall–Kier alpha value is -0.800. The summed E-state index contributed by atoms with van der Waals surface area (Å²) in [7, 11) is 0. The third kappa shape index (κ3) is 3.09. The Morgan fingerprint density at radius 3 is 2.56 bits per heavy atom. The molecule has 2 nitrogen and oxygen atoms in total. The van der Waals surface area contributed by atoms with Gasteiger partial charge in [0.25, 0.3) is 0 Å². The number of benzene rings is 1. The molecular formula is C12H16ClFO2. The Morgan fingerprint density at radius 2 is 2.00 bits per heavy atom. The molecule has 0 fully saturated rings. The highest BCUT2D eigenvalue weighted by Crippen LogP contribution is 2.25. The van der Waals surface area contributed by atoms with E-state index in [9.17, 15) is 9.50 Å². The molecular weight excluding hydrogens is 231 g/mol. The van der Waals surface area contributed by atoms with Gasteiger partial charge in [0, 0.05) is 0 Å². The summed E-state index contributed by atoms with van der Waals surface area (Å²) in [5.41, 5.74) is -0.908. The van der Waals surface area contributed by atoms with Crippen molar-refractivity contribution in [3.05, 3.63) is 29.0 Å². The molecule has 0 bridgehead atoms. The first kappa shape index (κ1) is 13.3. The largest absolute Gasteiger partial charge is 0.487 e. The van der Waals surface area contributed by atoms with Crippen molar-refractivity contribution in [3.8, 4) is 5.75 Å². The minimum absolute atomic E-state index is 0.0223. The molecule has 0 aliphatic carbocycles. The maximum Gasteiger partial charge on any atom is 0.183 e. The molecule has 1 aromatic carbocycles. The first-order valence-corrected chi connectivity index (χ1v) is 5.69. The van der Waals surface area contributed by atoms with Gasteiger partial charge in [-0.05, 0) is 25.0 Å². The van der Waals surface area contributed by atoms with E-state index in [1.54, 1.807) is 6.07 Å². The van der Waals surface area contributed by atoms with Crippen molar-refractivity contribution in [3.63, 3.8) is 0 Å². The average Bonchev–Trinajstić information content (AvgIpc) is 2.31. The highest BCUT2D eigenvalue weighted by molar-refractivity contribution is 6.30.